The summed E-state index contributed by atoms with van der Waals surface area (Å²) in [5.74, 6) is 0.387. The van der Waals surface area contributed by atoms with Crippen LogP contribution in [0.25, 0.3) is 0 Å². The Morgan fingerprint density at radius 1 is 1.41 bits per heavy atom. The first kappa shape index (κ1) is 15.1. The van der Waals surface area contributed by atoms with Gasteiger partial charge in [0.2, 0.25) is 5.13 Å². The summed E-state index contributed by atoms with van der Waals surface area (Å²) in [6.45, 7) is 4.08. The number of anilines is 1. The summed E-state index contributed by atoms with van der Waals surface area (Å²) in [7, 11) is 2.15. The summed E-state index contributed by atoms with van der Waals surface area (Å²) in [4.78, 5) is 14.7. The van der Waals surface area contributed by atoms with E-state index in [9.17, 15) is 4.79 Å². The SMILES string of the molecule is Cc1nnc(NC(=O)c2cccc(C3CCCN(C)C3)c2)s1. The molecule has 0 radical (unpaired) electrons. The van der Waals surface area contributed by atoms with Crippen molar-refractivity contribution in [2.75, 3.05) is 25.5 Å². The van der Waals surface area contributed by atoms with Gasteiger partial charge in [0.25, 0.3) is 5.91 Å². The van der Waals surface area contributed by atoms with E-state index in [0.717, 1.165) is 18.1 Å². The van der Waals surface area contributed by atoms with Crippen molar-refractivity contribution in [3.8, 4) is 0 Å². The number of aryl methyl sites for hydroxylation is 1. The van der Waals surface area contributed by atoms with Crippen molar-refractivity contribution in [3.63, 3.8) is 0 Å². The highest BCUT2D eigenvalue weighted by molar-refractivity contribution is 7.15. The maximum atomic E-state index is 12.3. The van der Waals surface area contributed by atoms with Gasteiger partial charge in [-0.25, -0.2) is 0 Å². The van der Waals surface area contributed by atoms with E-state index in [4.69, 9.17) is 0 Å². The van der Waals surface area contributed by atoms with Crippen LogP contribution in [0.3, 0.4) is 0 Å². The number of rotatable bonds is 3. The molecule has 1 aromatic heterocycles. The summed E-state index contributed by atoms with van der Waals surface area (Å²) >= 11 is 1.38. The molecule has 22 heavy (non-hydrogen) atoms. The molecule has 1 aliphatic heterocycles. The van der Waals surface area contributed by atoms with Crippen molar-refractivity contribution in [1.29, 1.82) is 0 Å². The van der Waals surface area contributed by atoms with E-state index in [1.54, 1.807) is 0 Å². The van der Waals surface area contributed by atoms with Crippen molar-refractivity contribution in [1.82, 2.24) is 15.1 Å². The normalized spacial score (nSPS) is 19.1. The second-order valence-corrected chi connectivity index (χ2v) is 6.99. The maximum absolute atomic E-state index is 12.3. The maximum Gasteiger partial charge on any atom is 0.257 e. The molecule has 2 aromatic rings. The van der Waals surface area contributed by atoms with Gasteiger partial charge in [0, 0.05) is 12.1 Å². The molecule has 5 nitrogen and oxygen atoms in total. The number of nitrogens with zero attached hydrogens (tertiary/aromatic N) is 3. The number of benzene rings is 1. The first-order chi connectivity index (χ1) is 10.6. The van der Waals surface area contributed by atoms with Crippen LogP contribution < -0.4 is 5.32 Å². The zero-order chi connectivity index (χ0) is 15.5. The molecule has 1 unspecified atom stereocenters. The van der Waals surface area contributed by atoms with Crippen LogP contribution in [0.1, 0.15) is 39.7 Å². The quantitative estimate of drug-likeness (QED) is 0.946. The van der Waals surface area contributed by atoms with Crippen molar-refractivity contribution >= 4 is 22.4 Å². The molecule has 6 heteroatoms. The molecule has 1 amide bonds. The molecule has 1 aliphatic rings. The largest absolute Gasteiger partial charge is 0.306 e. The molecule has 1 fully saturated rings. The van der Waals surface area contributed by atoms with Crippen molar-refractivity contribution in [2.24, 2.45) is 0 Å². The van der Waals surface area contributed by atoms with E-state index in [2.05, 4.69) is 33.5 Å². The van der Waals surface area contributed by atoms with Crippen LogP contribution in [0.15, 0.2) is 24.3 Å². The Morgan fingerprint density at radius 2 is 2.27 bits per heavy atom. The lowest BCUT2D eigenvalue weighted by Gasteiger charge is -2.30. The lowest BCUT2D eigenvalue weighted by Crippen LogP contribution is -2.30. The average molecular weight is 316 g/mol. The topological polar surface area (TPSA) is 58.1 Å². The fraction of sp³-hybridized carbons (Fsp3) is 0.438. The Bertz CT molecular complexity index is 670. The Morgan fingerprint density at radius 3 is 3.00 bits per heavy atom. The molecule has 1 saturated heterocycles. The molecule has 2 heterocycles. The van der Waals surface area contributed by atoms with Crippen LogP contribution in [0.2, 0.25) is 0 Å². The number of aromatic nitrogens is 2. The van der Waals surface area contributed by atoms with Crippen LogP contribution in [-0.2, 0) is 0 Å². The first-order valence-electron chi connectivity index (χ1n) is 7.52. The number of piperidine rings is 1. The van der Waals surface area contributed by atoms with Crippen molar-refractivity contribution < 1.29 is 4.79 Å². The van der Waals surface area contributed by atoms with Crippen LogP contribution in [0.4, 0.5) is 5.13 Å². The Hall–Kier alpha value is -1.79. The van der Waals surface area contributed by atoms with Crippen LogP contribution in [0.5, 0.6) is 0 Å². The zero-order valence-electron chi connectivity index (χ0n) is 12.9. The summed E-state index contributed by atoms with van der Waals surface area (Å²) < 4.78 is 0. The van der Waals surface area contributed by atoms with E-state index in [-0.39, 0.29) is 5.91 Å². The van der Waals surface area contributed by atoms with Gasteiger partial charge >= 0.3 is 0 Å². The lowest BCUT2D eigenvalue weighted by atomic mass is 9.90. The predicted molar refractivity (Wildman–Crippen MR) is 88.5 cm³/mol. The minimum Gasteiger partial charge on any atom is -0.306 e. The number of amides is 1. The fourth-order valence-corrected chi connectivity index (χ4v) is 3.48. The third-order valence-electron chi connectivity index (χ3n) is 3.99. The summed E-state index contributed by atoms with van der Waals surface area (Å²) in [5, 5.41) is 12.0. The highest BCUT2D eigenvalue weighted by atomic mass is 32.1. The summed E-state index contributed by atoms with van der Waals surface area (Å²) in [6, 6.07) is 7.94. The third-order valence-corrected chi connectivity index (χ3v) is 4.75. The molecule has 0 bridgehead atoms. The van der Waals surface area contributed by atoms with Gasteiger partial charge in [0.15, 0.2) is 0 Å². The summed E-state index contributed by atoms with van der Waals surface area (Å²) in [6.07, 6.45) is 2.40. The van der Waals surface area contributed by atoms with E-state index >= 15 is 0 Å². The number of carbonyl (C=O) groups is 1. The Labute approximate surface area is 134 Å². The molecule has 3 rings (SSSR count). The van der Waals surface area contributed by atoms with Gasteiger partial charge in [0.05, 0.1) is 0 Å². The van der Waals surface area contributed by atoms with Crippen LogP contribution >= 0.6 is 11.3 Å². The van der Waals surface area contributed by atoms with Gasteiger partial charge in [-0.05, 0) is 57.0 Å². The number of nitrogens with one attached hydrogen (secondary N) is 1. The molecule has 0 saturated carbocycles. The number of likely N-dealkylation sites (tertiary alicyclic amines) is 1. The standard InChI is InChI=1S/C16H20N4OS/c1-11-18-19-16(22-11)17-15(21)13-6-3-5-12(9-13)14-7-4-8-20(2)10-14/h3,5-6,9,14H,4,7-8,10H2,1-2H3,(H,17,19,21). The monoisotopic (exact) mass is 316 g/mol. The summed E-state index contributed by atoms with van der Waals surface area (Å²) in [5.41, 5.74) is 1.92. The molecular weight excluding hydrogens is 296 g/mol. The molecule has 1 atom stereocenters. The second kappa shape index (κ2) is 6.54. The van der Waals surface area contributed by atoms with Gasteiger partial charge in [-0.15, -0.1) is 10.2 Å². The van der Waals surface area contributed by atoms with Crippen molar-refractivity contribution in [2.45, 2.75) is 25.7 Å². The van der Waals surface area contributed by atoms with E-state index in [0.29, 0.717) is 16.6 Å². The Balaban J connectivity index is 1.74. The van der Waals surface area contributed by atoms with E-state index in [1.807, 2.05) is 25.1 Å². The Kier molecular flexibility index (Phi) is 4.49. The third kappa shape index (κ3) is 3.51. The average Bonchev–Trinajstić information content (AvgIpc) is 2.92. The highest BCUT2D eigenvalue weighted by Gasteiger charge is 2.20. The first-order valence-corrected chi connectivity index (χ1v) is 8.33. The van der Waals surface area contributed by atoms with Gasteiger partial charge in [-0.2, -0.15) is 0 Å². The number of carbonyl (C=O) groups excluding carboxylic acids is 1. The molecule has 1 N–H and O–H groups in total. The minimum atomic E-state index is -0.123. The number of hydrogen-bond donors (Lipinski definition) is 1. The fourth-order valence-electron chi connectivity index (χ4n) is 2.89. The predicted octanol–water partition coefficient (Wildman–Crippen LogP) is 2.91. The number of likely N-dealkylation sites (N-methyl/N-ethyl adjacent to an activating group) is 1. The van der Waals surface area contributed by atoms with Gasteiger partial charge in [-0.3, -0.25) is 10.1 Å². The van der Waals surface area contributed by atoms with Crippen molar-refractivity contribution in [3.05, 3.63) is 40.4 Å². The highest BCUT2D eigenvalue weighted by Crippen LogP contribution is 2.27. The van der Waals surface area contributed by atoms with Gasteiger partial charge in [-0.1, -0.05) is 23.5 Å². The molecular formula is C16H20N4OS. The zero-order valence-corrected chi connectivity index (χ0v) is 13.7. The van der Waals surface area contributed by atoms with Crippen LogP contribution in [0, 0.1) is 6.92 Å². The molecule has 0 aliphatic carbocycles. The van der Waals surface area contributed by atoms with Gasteiger partial charge < -0.3 is 4.90 Å². The van der Waals surface area contributed by atoms with E-state index < -0.39 is 0 Å². The minimum absolute atomic E-state index is 0.123. The molecule has 1 aromatic carbocycles. The molecule has 116 valence electrons. The molecule has 0 spiro atoms. The van der Waals surface area contributed by atoms with E-state index in [1.165, 1.54) is 29.7 Å². The smallest absolute Gasteiger partial charge is 0.257 e. The lowest BCUT2D eigenvalue weighted by molar-refractivity contribution is 0.102. The van der Waals surface area contributed by atoms with Gasteiger partial charge in [0.1, 0.15) is 5.01 Å². The number of hydrogen-bond acceptors (Lipinski definition) is 5. The second-order valence-electron chi connectivity index (χ2n) is 5.81. The van der Waals surface area contributed by atoms with Crippen LogP contribution in [-0.4, -0.2) is 41.1 Å².